The van der Waals surface area contributed by atoms with E-state index in [1.165, 1.54) is 5.56 Å². The molecule has 25 heavy (non-hydrogen) atoms. The van der Waals surface area contributed by atoms with Crippen LogP contribution in [-0.4, -0.2) is 25.7 Å². The van der Waals surface area contributed by atoms with E-state index in [0.717, 1.165) is 34.7 Å². The lowest BCUT2D eigenvalue weighted by Crippen LogP contribution is -2.38. The molecule has 0 radical (unpaired) electrons. The van der Waals surface area contributed by atoms with Crippen molar-refractivity contribution < 1.29 is 9.53 Å². The number of rotatable bonds is 8. The van der Waals surface area contributed by atoms with Gasteiger partial charge < -0.3 is 15.4 Å². The fourth-order valence-corrected chi connectivity index (χ4v) is 2.63. The number of benzene rings is 2. The minimum absolute atomic E-state index is 0.167. The maximum absolute atomic E-state index is 11.7. The maximum Gasteiger partial charge on any atom is 0.314 e. The Bertz CT molecular complexity index is 666. The Morgan fingerprint density at radius 1 is 1.04 bits per heavy atom. The molecule has 2 amide bonds. The van der Waals surface area contributed by atoms with Crippen molar-refractivity contribution in [3.05, 3.63) is 64.2 Å². The molecule has 0 atom stereocenters. The van der Waals surface area contributed by atoms with E-state index in [4.69, 9.17) is 16.3 Å². The van der Waals surface area contributed by atoms with Crippen molar-refractivity contribution in [2.45, 2.75) is 26.7 Å². The van der Waals surface area contributed by atoms with Gasteiger partial charge in [0.2, 0.25) is 0 Å². The summed E-state index contributed by atoms with van der Waals surface area (Å²) in [6.07, 6.45) is 1.87. The highest BCUT2D eigenvalue weighted by molar-refractivity contribution is 6.32. The highest BCUT2D eigenvalue weighted by atomic mass is 35.5. The molecule has 2 N–H and O–H groups in total. The first-order chi connectivity index (χ1) is 12.1. The van der Waals surface area contributed by atoms with Crippen molar-refractivity contribution in [3.63, 3.8) is 0 Å². The molecule has 0 unspecified atom stereocenters. The van der Waals surface area contributed by atoms with Crippen molar-refractivity contribution in [1.82, 2.24) is 10.6 Å². The fourth-order valence-electron chi connectivity index (χ4n) is 2.52. The average molecular weight is 361 g/mol. The van der Waals surface area contributed by atoms with Crippen LogP contribution >= 0.6 is 11.6 Å². The van der Waals surface area contributed by atoms with Gasteiger partial charge in [-0.15, -0.1) is 0 Å². The van der Waals surface area contributed by atoms with Crippen LogP contribution in [0.25, 0.3) is 0 Å². The van der Waals surface area contributed by atoms with Crippen LogP contribution in [0.4, 0.5) is 4.79 Å². The number of carbonyl (C=O) groups is 1. The molecule has 0 aliphatic heterocycles. The molecule has 0 aliphatic rings. The van der Waals surface area contributed by atoms with E-state index < -0.39 is 0 Å². The minimum atomic E-state index is -0.167. The van der Waals surface area contributed by atoms with Crippen molar-refractivity contribution in [2.24, 2.45) is 0 Å². The van der Waals surface area contributed by atoms with Crippen molar-refractivity contribution in [3.8, 4) is 5.75 Å². The average Bonchev–Trinajstić information content (AvgIpc) is 2.61. The Kier molecular flexibility index (Phi) is 7.61. The van der Waals surface area contributed by atoms with Crippen LogP contribution in [0.5, 0.6) is 5.75 Å². The molecular formula is C20H25ClN2O2. The summed E-state index contributed by atoms with van der Waals surface area (Å²) in [4.78, 5) is 11.7. The first-order valence-electron chi connectivity index (χ1n) is 8.51. The summed E-state index contributed by atoms with van der Waals surface area (Å²) in [5, 5.41) is 6.41. The predicted molar refractivity (Wildman–Crippen MR) is 103 cm³/mol. The molecule has 0 aromatic heterocycles. The van der Waals surface area contributed by atoms with E-state index in [1.807, 2.05) is 44.2 Å². The molecule has 0 saturated carbocycles. The molecule has 0 heterocycles. The lowest BCUT2D eigenvalue weighted by Gasteiger charge is -2.11. The number of nitrogens with one attached hydrogen (secondary N) is 2. The van der Waals surface area contributed by atoms with Gasteiger partial charge in [-0.05, 0) is 55.5 Å². The second-order valence-electron chi connectivity index (χ2n) is 5.99. The largest absolute Gasteiger partial charge is 0.492 e. The van der Waals surface area contributed by atoms with E-state index in [-0.39, 0.29) is 6.03 Å². The molecule has 0 aliphatic carbocycles. The van der Waals surface area contributed by atoms with Crippen LogP contribution < -0.4 is 15.4 Å². The normalized spacial score (nSPS) is 10.4. The third-order valence-corrected chi connectivity index (χ3v) is 4.43. The van der Waals surface area contributed by atoms with E-state index in [2.05, 4.69) is 22.8 Å². The summed E-state index contributed by atoms with van der Waals surface area (Å²) in [5.41, 5.74) is 3.26. The van der Waals surface area contributed by atoms with Gasteiger partial charge in [0.05, 0.1) is 6.54 Å². The van der Waals surface area contributed by atoms with E-state index in [1.54, 1.807) is 0 Å². The van der Waals surface area contributed by atoms with Crippen LogP contribution in [0.3, 0.4) is 0 Å². The highest BCUT2D eigenvalue weighted by Crippen LogP contribution is 2.25. The third kappa shape index (κ3) is 6.67. The minimum Gasteiger partial charge on any atom is -0.492 e. The van der Waals surface area contributed by atoms with E-state index in [9.17, 15) is 4.79 Å². The summed E-state index contributed by atoms with van der Waals surface area (Å²) in [5.74, 6) is 0.768. The van der Waals surface area contributed by atoms with Crippen LogP contribution in [0.1, 0.15) is 23.1 Å². The lowest BCUT2D eigenvalue weighted by molar-refractivity contribution is 0.236. The lowest BCUT2D eigenvalue weighted by atomic mass is 10.1. The first-order valence-corrected chi connectivity index (χ1v) is 8.89. The smallest absolute Gasteiger partial charge is 0.314 e. The molecule has 0 spiro atoms. The Hall–Kier alpha value is -2.20. The molecular weight excluding hydrogens is 336 g/mol. The molecule has 4 nitrogen and oxygen atoms in total. The monoisotopic (exact) mass is 360 g/mol. The van der Waals surface area contributed by atoms with Gasteiger partial charge in [0.15, 0.2) is 0 Å². The zero-order chi connectivity index (χ0) is 18.1. The molecule has 0 saturated heterocycles. The van der Waals surface area contributed by atoms with Gasteiger partial charge in [0, 0.05) is 11.6 Å². The molecule has 134 valence electrons. The SMILES string of the molecule is Cc1cc(OCCNC(=O)NCCCc2ccccc2)cc(C)c1Cl. The standard InChI is InChI=1S/C20H25ClN2O2/c1-15-13-18(14-16(2)19(15)21)25-12-11-23-20(24)22-10-6-9-17-7-4-3-5-8-17/h3-5,7-8,13-14H,6,9-12H2,1-2H3,(H2,22,23,24). The van der Waals surface area contributed by atoms with Crippen LogP contribution in [0.15, 0.2) is 42.5 Å². The van der Waals surface area contributed by atoms with Gasteiger partial charge in [0.25, 0.3) is 0 Å². The van der Waals surface area contributed by atoms with E-state index >= 15 is 0 Å². The summed E-state index contributed by atoms with van der Waals surface area (Å²) in [7, 11) is 0. The number of hydrogen-bond acceptors (Lipinski definition) is 2. The number of urea groups is 1. The maximum atomic E-state index is 11.7. The quantitative estimate of drug-likeness (QED) is 0.691. The number of aryl methyl sites for hydroxylation is 3. The Morgan fingerprint density at radius 3 is 2.36 bits per heavy atom. The van der Waals surface area contributed by atoms with Gasteiger partial charge in [-0.25, -0.2) is 4.79 Å². The fraction of sp³-hybridized carbons (Fsp3) is 0.350. The molecule has 2 aromatic rings. The number of amides is 2. The molecule has 2 aromatic carbocycles. The number of halogens is 1. The first kappa shape index (κ1) is 19.1. The summed E-state index contributed by atoms with van der Waals surface area (Å²) in [6, 6.07) is 13.9. The highest BCUT2D eigenvalue weighted by Gasteiger charge is 2.04. The topological polar surface area (TPSA) is 50.4 Å². The summed E-state index contributed by atoms with van der Waals surface area (Å²) < 4.78 is 5.66. The Labute approximate surface area is 154 Å². The van der Waals surface area contributed by atoms with Gasteiger partial charge in [-0.2, -0.15) is 0 Å². The van der Waals surface area contributed by atoms with E-state index in [0.29, 0.717) is 19.7 Å². The third-order valence-electron chi connectivity index (χ3n) is 3.84. The molecule has 0 bridgehead atoms. The van der Waals surface area contributed by atoms with Crippen LogP contribution in [0, 0.1) is 13.8 Å². The van der Waals surface area contributed by atoms with Gasteiger partial charge in [-0.3, -0.25) is 0 Å². The Balaban J connectivity index is 1.58. The summed E-state index contributed by atoms with van der Waals surface area (Å²) >= 11 is 6.13. The zero-order valence-electron chi connectivity index (χ0n) is 14.8. The Morgan fingerprint density at radius 2 is 1.68 bits per heavy atom. The predicted octanol–water partition coefficient (Wildman–Crippen LogP) is 4.27. The van der Waals surface area contributed by atoms with Gasteiger partial charge in [0.1, 0.15) is 12.4 Å². The molecule has 5 heteroatoms. The van der Waals surface area contributed by atoms with Crippen molar-refractivity contribution in [2.75, 3.05) is 19.7 Å². The number of hydrogen-bond donors (Lipinski definition) is 2. The van der Waals surface area contributed by atoms with Crippen molar-refractivity contribution in [1.29, 1.82) is 0 Å². The zero-order valence-corrected chi connectivity index (χ0v) is 15.5. The molecule has 0 fully saturated rings. The number of ether oxygens (including phenoxy) is 1. The van der Waals surface area contributed by atoms with Gasteiger partial charge in [-0.1, -0.05) is 41.9 Å². The number of carbonyl (C=O) groups excluding carboxylic acids is 1. The molecule has 2 rings (SSSR count). The van der Waals surface area contributed by atoms with Crippen molar-refractivity contribution >= 4 is 17.6 Å². The second kappa shape index (κ2) is 9.94. The summed E-state index contributed by atoms with van der Waals surface area (Å²) in [6.45, 7) is 5.41. The second-order valence-corrected chi connectivity index (χ2v) is 6.37. The van der Waals surface area contributed by atoms with Crippen LogP contribution in [-0.2, 0) is 6.42 Å². The van der Waals surface area contributed by atoms with Crippen LogP contribution in [0.2, 0.25) is 5.02 Å². The van der Waals surface area contributed by atoms with Gasteiger partial charge >= 0.3 is 6.03 Å².